The molecule has 1 saturated heterocycles. The van der Waals surface area contributed by atoms with E-state index in [1.807, 2.05) is 13.8 Å². The molecule has 1 aliphatic rings. The Morgan fingerprint density at radius 1 is 1.04 bits per heavy atom. The number of anilines is 1. The van der Waals surface area contributed by atoms with Crippen molar-refractivity contribution in [2.75, 3.05) is 43.5 Å². The van der Waals surface area contributed by atoms with Gasteiger partial charge in [0, 0.05) is 31.3 Å². The number of carbonyl (C=O) groups is 3. The van der Waals surface area contributed by atoms with Crippen molar-refractivity contribution in [2.45, 2.75) is 77.6 Å². The van der Waals surface area contributed by atoms with Crippen LogP contribution in [0.1, 0.15) is 53.2 Å². The SMILES string of the molecule is CCCC(=O)[SH](CC)CCNC(=O)CCNC(=O)C(O)C(C)(C)COP(=O)(O)OP(=O)(O)OC[C@H]1O[C@@H](n2cnc3c(N)ncnc32)[C@H](O)[C@@H]1OP(=O)(O)O. The summed E-state index contributed by atoms with van der Waals surface area (Å²) in [6.07, 6.45) is -5.61. The number of phosphoric acid groups is 3. The second-order valence-corrected chi connectivity index (χ2v) is 19.7. The molecular formula is C27H48N7O17P3S. The molecule has 314 valence electrons. The topological polar surface area (TPSA) is 364 Å². The average molecular weight is 868 g/mol. The number of aliphatic hydroxyl groups excluding tert-OH is 2. The number of nitrogens with two attached hydrogens (primary N) is 1. The van der Waals surface area contributed by atoms with Crippen LogP contribution < -0.4 is 16.4 Å². The number of hydrogen-bond donors (Lipinski definition) is 10. The number of phosphoric ester groups is 3. The molecule has 24 nitrogen and oxygen atoms in total. The summed E-state index contributed by atoms with van der Waals surface area (Å²) in [5.74, 6) is -0.146. The molecule has 0 radical (unpaired) electrons. The zero-order valence-electron chi connectivity index (χ0n) is 30.2. The van der Waals surface area contributed by atoms with Crippen LogP contribution in [-0.4, -0.2) is 128 Å². The zero-order valence-corrected chi connectivity index (χ0v) is 33.8. The van der Waals surface area contributed by atoms with E-state index < -0.39 is 95.4 Å². The molecule has 3 heterocycles. The van der Waals surface area contributed by atoms with E-state index in [1.165, 1.54) is 13.8 Å². The van der Waals surface area contributed by atoms with Gasteiger partial charge in [-0.15, -0.1) is 0 Å². The van der Waals surface area contributed by atoms with Gasteiger partial charge in [0.15, 0.2) is 22.8 Å². The van der Waals surface area contributed by atoms with Gasteiger partial charge in [0.2, 0.25) is 11.8 Å². The minimum absolute atomic E-state index is 0.0328. The first kappa shape index (κ1) is 46.9. The van der Waals surface area contributed by atoms with Crippen molar-refractivity contribution < 1.29 is 80.5 Å². The number of carbonyl (C=O) groups excluding carboxylic acids is 3. The molecule has 3 rings (SSSR count). The fourth-order valence-electron chi connectivity index (χ4n) is 5.10. The summed E-state index contributed by atoms with van der Waals surface area (Å²) in [6, 6.07) is 0. The molecule has 1 aliphatic heterocycles. The average Bonchev–Trinajstić information content (AvgIpc) is 3.64. The zero-order chi connectivity index (χ0) is 41.4. The number of rotatable bonds is 22. The van der Waals surface area contributed by atoms with Crippen molar-refractivity contribution in [3.8, 4) is 0 Å². The molecule has 55 heavy (non-hydrogen) atoms. The predicted octanol–water partition coefficient (Wildman–Crippen LogP) is -0.247. The number of fused-ring (bicyclic) bond motifs is 1. The molecule has 2 amide bonds. The van der Waals surface area contributed by atoms with Crippen LogP contribution in [0.15, 0.2) is 12.7 Å². The summed E-state index contributed by atoms with van der Waals surface area (Å²) in [4.78, 5) is 87.8. The van der Waals surface area contributed by atoms with Gasteiger partial charge in [0.1, 0.15) is 36.3 Å². The van der Waals surface area contributed by atoms with E-state index in [-0.39, 0.29) is 35.1 Å². The maximum atomic E-state index is 12.7. The first-order valence-corrected chi connectivity index (χ1v) is 22.9. The maximum absolute atomic E-state index is 12.7. The number of nitrogens with zero attached hydrogens (tertiary/aromatic N) is 4. The molecular weight excluding hydrogens is 819 g/mol. The Bertz CT molecular complexity index is 1800. The van der Waals surface area contributed by atoms with E-state index >= 15 is 0 Å². The molecule has 2 aromatic heterocycles. The Balaban J connectivity index is 1.52. The minimum Gasteiger partial charge on any atom is -0.386 e. The van der Waals surface area contributed by atoms with Crippen molar-refractivity contribution in [3.05, 3.63) is 12.7 Å². The Morgan fingerprint density at radius 2 is 1.71 bits per heavy atom. The third-order valence-corrected chi connectivity index (χ3v) is 13.5. The van der Waals surface area contributed by atoms with Crippen LogP contribution in [0.25, 0.3) is 11.2 Å². The lowest BCUT2D eigenvalue weighted by Gasteiger charge is -2.30. The van der Waals surface area contributed by atoms with Crippen LogP contribution in [0.5, 0.6) is 0 Å². The molecule has 0 aliphatic carbocycles. The first-order chi connectivity index (χ1) is 25.5. The largest absolute Gasteiger partial charge is 0.481 e. The molecule has 10 N–H and O–H groups in total. The minimum atomic E-state index is -5.56. The third kappa shape index (κ3) is 13.9. The normalized spacial score (nSPS) is 22.8. The Hall–Kier alpha value is -2.44. The van der Waals surface area contributed by atoms with Crippen LogP contribution in [0.4, 0.5) is 5.82 Å². The van der Waals surface area contributed by atoms with Gasteiger partial charge in [0.25, 0.3) is 0 Å². The van der Waals surface area contributed by atoms with Crippen LogP contribution in [-0.2, 0) is 50.7 Å². The molecule has 1 fully saturated rings. The van der Waals surface area contributed by atoms with Crippen molar-refractivity contribution in [2.24, 2.45) is 5.41 Å². The summed E-state index contributed by atoms with van der Waals surface area (Å²) in [5, 5.41) is 26.7. The van der Waals surface area contributed by atoms with Crippen LogP contribution >= 0.6 is 34.4 Å². The lowest BCUT2D eigenvalue weighted by molar-refractivity contribution is -0.137. The van der Waals surface area contributed by atoms with Gasteiger partial charge < -0.3 is 50.9 Å². The molecule has 28 heteroatoms. The number of imidazole rings is 1. The molecule has 0 aromatic carbocycles. The van der Waals surface area contributed by atoms with Crippen molar-refractivity contribution >= 4 is 68.3 Å². The van der Waals surface area contributed by atoms with E-state index in [4.69, 9.17) is 19.5 Å². The number of ether oxygens (including phenoxy) is 1. The van der Waals surface area contributed by atoms with Gasteiger partial charge in [-0.2, -0.15) is 15.2 Å². The van der Waals surface area contributed by atoms with Crippen molar-refractivity contribution in [1.29, 1.82) is 0 Å². The van der Waals surface area contributed by atoms with E-state index in [0.717, 1.165) is 23.6 Å². The van der Waals surface area contributed by atoms with Gasteiger partial charge in [0.05, 0.1) is 19.5 Å². The summed E-state index contributed by atoms with van der Waals surface area (Å²) in [5.41, 5.74) is 4.28. The fourth-order valence-corrected chi connectivity index (χ4v) is 9.77. The molecule has 2 aromatic rings. The van der Waals surface area contributed by atoms with E-state index in [1.54, 1.807) is 0 Å². The number of nitrogens with one attached hydrogen (secondary N) is 2. The van der Waals surface area contributed by atoms with Gasteiger partial charge in [-0.3, -0.25) is 32.5 Å². The summed E-state index contributed by atoms with van der Waals surface area (Å²) >= 11 is 0. The summed E-state index contributed by atoms with van der Waals surface area (Å²) in [6.45, 7) is 4.47. The van der Waals surface area contributed by atoms with Crippen molar-refractivity contribution in [3.63, 3.8) is 0 Å². The number of aliphatic hydroxyl groups is 2. The fraction of sp³-hybridized carbons (Fsp3) is 0.704. The van der Waals surface area contributed by atoms with Gasteiger partial charge in [-0.05, 0) is 17.9 Å². The Labute approximate surface area is 317 Å². The van der Waals surface area contributed by atoms with E-state index in [2.05, 4.69) is 34.4 Å². The highest BCUT2D eigenvalue weighted by atomic mass is 32.2. The van der Waals surface area contributed by atoms with Crippen LogP contribution in [0, 0.1) is 5.41 Å². The third-order valence-electron chi connectivity index (χ3n) is 7.98. The predicted molar refractivity (Wildman–Crippen MR) is 194 cm³/mol. The number of aromatic nitrogens is 4. The second kappa shape index (κ2) is 19.8. The smallest absolute Gasteiger partial charge is 0.386 e. The van der Waals surface area contributed by atoms with Crippen LogP contribution in [0.2, 0.25) is 0 Å². The van der Waals surface area contributed by atoms with Crippen molar-refractivity contribution in [1.82, 2.24) is 30.2 Å². The highest BCUT2D eigenvalue weighted by Gasteiger charge is 2.50. The molecule has 0 bridgehead atoms. The van der Waals surface area contributed by atoms with Crippen LogP contribution in [0.3, 0.4) is 0 Å². The Morgan fingerprint density at radius 3 is 2.35 bits per heavy atom. The van der Waals surface area contributed by atoms with E-state index in [0.29, 0.717) is 24.5 Å². The molecule has 0 saturated carbocycles. The number of thiol groups is 1. The summed E-state index contributed by atoms with van der Waals surface area (Å²) in [7, 11) is -17.2. The molecule has 4 unspecified atom stereocenters. The van der Waals surface area contributed by atoms with E-state index in [9.17, 15) is 57.9 Å². The second-order valence-electron chi connectivity index (χ2n) is 12.8. The monoisotopic (exact) mass is 867 g/mol. The highest BCUT2D eigenvalue weighted by Crippen LogP contribution is 2.61. The lowest BCUT2D eigenvalue weighted by atomic mass is 9.87. The number of nitrogen functional groups attached to an aromatic ring is 1. The van der Waals surface area contributed by atoms with Gasteiger partial charge >= 0.3 is 23.5 Å². The highest BCUT2D eigenvalue weighted by molar-refractivity contribution is 8.29. The first-order valence-electron chi connectivity index (χ1n) is 16.7. The van der Waals surface area contributed by atoms with Gasteiger partial charge in [-0.25, -0.2) is 28.6 Å². The van der Waals surface area contributed by atoms with Gasteiger partial charge in [-0.1, -0.05) is 27.7 Å². The lowest BCUT2D eigenvalue weighted by Crippen LogP contribution is -2.46. The Kier molecular flexibility index (Phi) is 16.9. The quantitative estimate of drug-likeness (QED) is 0.0539. The molecule has 0 spiro atoms. The summed E-state index contributed by atoms with van der Waals surface area (Å²) < 4.78 is 62.1. The number of hydrogen-bond acceptors (Lipinski definition) is 17. The molecule has 8 atom stereocenters. The maximum Gasteiger partial charge on any atom is 0.481 e. The standard InChI is InChI=1S/C27H48N7O17P3S/c1-5-7-18(36)55(6-2)11-10-29-17(35)8-9-30-25(39)22(38)27(3,4)13-48-54(45,46)51-53(43,44)47-12-16-21(50-52(40,41)42)20(37)26(49-16)34-15-33-19-23(28)31-14-32-24(19)34/h14-16,20-22,26,37-38,55H,5-13H2,1-4H3,(H,29,35)(H,30,39)(H,43,44)(H,45,46)(H2,28,31,32)(H2,40,41,42)/t16-,20-,21-,22?,26-/m1/s1. The number of amides is 2.